The number of nitrogens with one attached hydrogen (secondary N) is 1. The van der Waals surface area contributed by atoms with Crippen molar-refractivity contribution in [2.45, 2.75) is 45.6 Å². The van der Waals surface area contributed by atoms with Crippen molar-refractivity contribution in [2.75, 3.05) is 13.2 Å². The van der Waals surface area contributed by atoms with Crippen LogP contribution >= 0.6 is 0 Å². The van der Waals surface area contributed by atoms with Crippen molar-refractivity contribution in [3.05, 3.63) is 35.9 Å². The summed E-state index contributed by atoms with van der Waals surface area (Å²) in [6.07, 6.45) is 2.31. The Morgan fingerprint density at radius 2 is 1.95 bits per heavy atom. The lowest BCUT2D eigenvalue weighted by molar-refractivity contribution is -0.145. The van der Waals surface area contributed by atoms with Gasteiger partial charge in [-0.3, -0.25) is 4.79 Å². The average molecular weight is 263 g/mol. The minimum absolute atomic E-state index is 0.111. The van der Waals surface area contributed by atoms with Gasteiger partial charge in [-0.2, -0.15) is 0 Å². The van der Waals surface area contributed by atoms with Crippen LogP contribution in [-0.2, 0) is 16.0 Å². The SMILES string of the molecule is CCCC(=O)OCC(C)(C)NCCc1ccccc1. The van der Waals surface area contributed by atoms with Gasteiger partial charge in [0.2, 0.25) is 0 Å². The highest BCUT2D eigenvalue weighted by Gasteiger charge is 2.18. The summed E-state index contributed by atoms with van der Waals surface area (Å²) < 4.78 is 5.25. The molecule has 3 nitrogen and oxygen atoms in total. The summed E-state index contributed by atoms with van der Waals surface area (Å²) in [7, 11) is 0. The van der Waals surface area contributed by atoms with E-state index in [-0.39, 0.29) is 11.5 Å². The molecule has 1 N–H and O–H groups in total. The largest absolute Gasteiger partial charge is 0.464 e. The lowest BCUT2D eigenvalue weighted by Gasteiger charge is -2.26. The van der Waals surface area contributed by atoms with Crippen molar-refractivity contribution in [1.29, 1.82) is 0 Å². The summed E-state index contributed by atoms with van der Waals surface area (Å²) in [6.45, 7) is 7.38. The van der Waals surface area contributed by atoms with Crippen LogP contribution in [0.1, 0.15) is 39.2 Å². The lowest BCUT2D eigenvalue weighted by Crippen LogP contribution is -2.45. The zero-order valence-corrected chi connectivity index (χ0v) is 12.2. The van der Waals surface area contributed by atoms with E-state index in [2.05, 4.69) is 31.3 Å². The average Bonchev–Trinajstić information content (AvgIpc) is 2.38. The Morgan fingerprint density at radius 3 is 2.58 bits per heavy atom. The van der Waals surface area contributed by atoms with E-state index < -0.39 is 0 Å². The maximum absolute atomic E-state index is 11.3. The highest BCUT2D eigenvalue weighted by atomic mass is 16.5. The van der Waals surface area contributed by atoms with E-state index in [9.17, 15) is 4.79 Å². The molecule has 0 bridgehead atoms. The van der Waals surface area contributed by atoms with Crippen LogP contribution in [0.25, 0.3) is 0 Å². The molecule has 1 aromatic rings. The molecule has 0 atom stereocenters. The summed E-state index contributed by atoms with van der Waals surface area (Å²) >= 11 is 0. The monoisotopic (exact) mass is 263 g/mol. The Kier molecular flexibility index (Phi) is 6.57. The fraction of sp³-hybridized carbons (Fsp3) is 0.562. The minimum atomic E-state index is -0.182. The predicted octanol–water partition coefficient (Wildman–Crippen LogP) is 2.94. The van der Waals surface area contributed by atoms with Gasteiger partial charge in [-0.05, 0) is 38.8 Å². The first-order valence-electron chi connectivity index (χ1n) is 6.98. The lowest BCUT2D eigenvalue weighted by atomic mass is 10.1. The fourth-order valence-electron chi connectivity index (χ4n) is 1.78. The van der Waals surface area contributed by atoms with Gasteiger partial charge in [0.05, 0.1) is 0 Å². The summed E-state index contributed by atoms with van der Waals surface area (Å²) in [5.74, 6) is -0.111. The van der Waals surface area contributed by atoms with Gasteiger partial charge in [0.25, 0.3) is 0 Å². The maximum atomic E-state index is 11.3. The highest BCUT2D eigenvalue weighted by Crippen LogP contribution is 2.05. The molecule has 0 aliphatic rings. The van der Waals surface area contributed by atoms with Crippen molar-refractivity contribution in [2.24, 2.45) is 0 Å². The zero-order valence-electron chi connectivity index (χ0n) is 12.2. The molecule has 0 saturated heterocycles. The number of hydrogen-bond acceptors (Lipinski definition) is 3. The van der Waals surface area contributed by atoms with Crippen molar-refractivity contribution in [3.63, 3.8) is 0 Å². The van der Waals surface area contributed by atoms with Gasteiger partial charge in [-0.15, -0.1) is 0 Å². The normalized spacial score (nSPS) is 11.3. The number of benzene rings is 1. The first-order chi connectivity index (χ1) is 9.03. The van der Waals surface area contributed by atoms with Crippen LogP contribution < -0.4 is 5.32 Å². The fourth-order valence-corrected chi connectivity index (χ4v) is 1.78. The number of esters is 1. The topological polar surface area (TPSA) is 38.3 Å². The van der Waals surface area contributed by atoms with Crippen LogP contribution in [0, 0.1) is 0 Å². The quantitative estimate of drug-likeness (QED) is 0.733. The van der Waals surface area contributed by atoms with E-state index >= 15 is 0 Å². The van der Waals surface area contributed by atoms with Crippen LogP contribution in [-0.4, -0.2) is 24.7 Å². The molecule has 0 amide bonds. The molecule has 0 spiro atoms. The molecule has 0 unspecified atom stereocenters. The van der Waals surface area contributed by atoms with Crippen LogP contribution in [0.4, 0.5) is 0 Å². The van der Waals surface area contributed by atoms with Gasteiger partial charge in [-0.1, -0.05) is 37.3 Å². The van der Waals surface area contributed by atoms with Gasteiger partial charge < -0.3 is 10.1 Å². The molecule has 0 heterocycles. The Bertz CT molecular complexity index is 374. The van der Waals surface area contributed by atoms with Crippen molar-refractivity contribution in [1.82, 2.24) is 5.32 Å². The molecular formula is C16H25NO2. The maximum Gasteiger partial charge on any atom is 0.305 e. The standard InChI is InChI=1S/C16H25NO2/c1-4-8-15(18)19-13-16(2,3)17-12-11-14-9-6-5-7-10-14/h5-7,9-10,17H,4,8,11-13H2,1-3H3. The van der Waals surface area contributed by atoms with E-state index in [0.29, 0.717) is 13.0 Å². The predicted molar refractivity (Wildman–Crippen MR) is 78.1 cm³/mol. The number of carbonyl (C=O) groups excluding carboxylic acids is 1. The van der Waals surface area contributed by atoms with Gasteiger partial charge in [0, 0.05) is 12.0 Å². The summed E-state index contributed by atoms with van der Waals surface area (Å²) in [6, 6.07) is 10.4. The third-order valence-electron chi connectivity index (χ3n) is 2.91. The molecule has 0 aromatic heterocycles. The van der Waals surface area contributed by atoms with E-state index in [1.807, 2.05) is 25.1 Å². The minimum Gasteiger partial charge on any atom is -0.464 e. The first-order valence-corrected chi connectivity index (χ1v) is 6.98. The molecule has 3 heteroatoms. The van der Waals surface area contributed by atoms with Crippen molar-refractivity contribution < 1.29 is 9.53 Å². The molecule has 106 valence electrons. The van der Waals surface area contributed by atoms with Crippen molar-refractivity contribution in [3.8, 4) is 0 Å². The molecular weight excluding hydrogens is 238 g/mol. The zero-order chi connectivity index (χ0) is 14.1. The van der Waals surface area contributed by atoms with Crippen LogP contribution in [0.2, 0.25) is 0 Å². The molecule has 0 saturated carbocycles. The number of carbonyl (C=O) groups is 1. The summed E-state index contributed by atoms with van der Waals surface area (Å²) in [5, 5.41) is 3.43. The van der Waals surface area contributed by atoms with E-state index in [0.717, 1.165) is 19.4 Å². The Balaban J connectivity index is 2.24. The molecule has 0 fully saturated rings. The van der Waals surface area contributed by atoms with E-state index in [1.165, 1.54) is 5.56 Å². The molecule has 0 aliphatic carbocycles. The third-order valence-corrected chi connectivity index (χ3v) is 2.91. The molecule has 1 rings (SSSR count). The summed E-state index contributed by atoms with van der Waals surface area (Å²) in [5.41, 5.74) is 1.13. The number of ether oxygens (including phenoxy) is 1. The Hall–Kier alpha value is -1.35. The van der Waals surface area contributed by atoms with Gasteiger partial charge >= 0.3 is 5.97 Å². The molecule has 0 aliphatic heterocycles. The summed E-state index contributed by atoms with van der Waals surface area (Å²) in [4.78, 5) is 11.3. The van der Waals surface area contributed by atoms with Crippen LogP contribution in [0.3, 0.4) is 0 Å². The molecule has 0 radical (unpaired) electrons. The number of hydrogen-bond donors (Lipinski definition) is 1. The third kappa shape index (κ3) is 6.97. The first kappa shape index (κ1) is 15.7. The van der Waals surface area contributed by atoms with Gasteiger partial charge in [0.15, 0.2) is 0 Å². The van der Waals surface area contributed by atoms with E-state index in [4.69, 9.17) is 4.74 Å². The van der Waals surface area contributed by atoms with E-state index in [1.54, 1.807) is 0 Å². The second-order valence-electron chi connectivity index (χ2n) is 5.46. The highest BCUT2D eigenvalue weighted by molar-refractivity contribution is 5.69. The van der Waals surface area contributed by atoms with Crippen LogP contribution in [0.5, 0.6) is 0 Å². The van der Waals surface area contributed by atoms with Crippen LogP contribution in [0.15, 0.2) is 30.3 Å². The van der Waals surface area contributed by atoms with Gasteiger partial charge in [-0.25, -0.2) is 0 Å². The second-order valence-corrected chi connectivity index (χ2v) is 5.46. The van der Waals surface area contributed by atoms with Crippen molar-refractivity contribution >= 4 is 5.97 Å². The smallest absolute Gasteiger partial charge is 0.305 e. The Morgan fingerprint density at radius 1 is 1.26 bits per heavy atom. The number of rotatable bonds is 8. The second kappa shape index (κ2) is 7.95. The Labute approximate surface area is 116 Å². The molecule has 19 heavy (non-hydrogen) atoms. The van der Waals surface area contributed by atoms with Gasteiger partial charge in [0.1, 0.15) is 6.61 Å². The molecule has 1 aromatic carbocycles.